The van der Waals surface area contributed by atoms with Gasteiger partial charge in [0.1, 0.15) is 29.0 Å². The SMILES string of the molecule is COc1cc(-c2cn(C)c(=O)c3[nH]ncc23)cc(OC)c1CN1CCN(C(=O)CN2CCC(c3ccc(OC4CCC(O)NC4=O)cc3)CC2)CC1. The monoisotopic (exact) mass is 713 g/mol. The van der Waals surface area contributed by atoms with Crippen molar-refractivity contribution in [2.45, 2.75) is 50.5 Å². The minimum absolute atomic E-state index is 0.142. The molecule has 4 aromatic rings. The Morgan fingerprint density at radius 3 is 2.27 bits per heavy atom. The summed E-state index contributed by atoms with van der Waals surface area (Å²) in [5.74, 6) is 2.33. The molecule has 2 aromatic heterocycles. The Labute approximate surface area is 302 Å². The Morgan fingerprint density at radius 2 is 1.62 bits per heavy atom. The molecule has 2 aromatic carbocycles. The summed E-state index contributed by atoms with van der Waals surface area (Å²) in [6.07, 6.45) is 4.99. The number of piperidine rings is 2. The fraction of sp³-hybridized carbons (Fsp3) is 0.474. The van der Waals surface area contributed by atoms with Gasteiger partial charge in [-0.05, 0) is 80.1 Å². The summed E-state index contributed by atoms with van der Waals surface area (Å²) in [7, 11) is 5.01. The molecule has 14 nitrogen and oxygen atoms in total. The molecule has 276 valence electrons. The van der Waals surface area contributed by atoms with Crippen LogP contribution in [-0.2, 0) is 23.2 Å². The molecule has 2 unspecified atom stereocenters. The van der Waals surface area contributed by atoms with Crippen molar-refractivity contribution in [1.82, 2.24) is 34.8 Å². The van der Waals surface area contributed by atoms with E-state index in [-0.39, 0.29) is 17.4 Å². The van der Waals surface area contributed by atoms with E-state index in [1.807, 2.05) is 29.2 Å². The van der Waals surface area contributed by atoms with E-state index in [2.05, 4.69) is 37.4 Å². The lowest BCUT2D eigenvalue weighted by molar-refractivity contribution is -0.135. The number of H-pyrrole nitrogens is 1. The topological polar surface area (TPSA) is 154 Å². The highest BCUT2D eigenvalue weighted by atomic mass is 16.5. The lowest BCUT2D eigenvalue weighted by Gasteiger charge is -2.37. The van der Waals surface area contributed by atoms with Gasteiger partial charge in [0.15, 0.2) is 6.10 Å². The molecule has 3 N–H and O–H groups in total. The molecule has 3 aliphatic heterocycles. The van der Waals surface area contributed by atoms with Crippen molar-refractivity contribution in [3.05, 3.63) is 70.3 Å². The highest BCUT2D eigenvalue weighted by Crippen LogP contribution is 2.38. The summed E-state index contributed by atoms with van der Waals surface area (Å²) in [6, 6.07) is 11.9. The number of carbonyl (C=O) groups excluding carboxylic acids is 2. The third kappa shape index (κ3) is 7.50. The van der Waals surface area contributed by atoms with Gasteiger partial charge in [0.05, 0.1) is 32.5 Å². The Kier molecular flexibility index (Phi) is 10.5. The second-order valence-corrected chi connectivity index (χ2v) is 14.0. The van der Waals surface area contributed by atoms with Gasteiger partial charge in [0.25, 0.3) is 11.5 Å². The van der Waals surface area contributed by atoms with E-state index in [0.29, 0.717) is 67.7 Å². The van der Waals surface area contributed by atoms with E-state index in [9.17, 15) is 19.5 Å². The number of fused-ring (bicyclic) bond motifs is 1. The third-order valence-corrected chi connectivity index (χ3v) is 10.7. The molecule has 2 atom stereocenters. The molecule has 7 rings (SSSR count). The molecule has 2 amide bonds. The average molecular weight is 714 g/mol. The Hall–Kier alpha value is -4.92. The quantitative estimate of drug-likeness (QED) is 0.223. The van der Waals surface area contributed by atoms with Crippen molar-refractivity contribution >= 4 is 22.7 Å². The summed E-state index contributed by atoms with van der Waals surface area (Å²) in [6.45, 7) is 5.56. The summed E-state index contributed by atoms with van der Waals surface area (Å²) in [4.78, 5) is 44.6. The lowest BCUT2D eigenvalue weighted by atomic mass is 9.89. The van der Waals surface area contributed by atoms with Crippen LogP contribution in [-0.4, -0.2) is 119 Å². The first kappa shape index (κ1) is 35.5. The van der Waals surface area contributed by atoms with Crippen molar-refractivity contribution in [2.24, 2.45) is 7.05 Å². The van der Waals surface area contributed by atoms with Crippen molar-refractivity contribution < 1.29 is 28.9 Å². The number of hydrogen-bond acceptors (Lipinski definition) is 10. The van der Waals surface area contributed by atoms with Crippen LogP contribution in [0.15, 0.2) is 53.6 Å². The molecule has 3 saturated heterocycles. The minimum atomic E-state index is -0.797. The molecule has 3 fully saturated rings. The second kappa shape index (κ2) is 15.4. The van der Waals surface area contributed by atoms with E-state index in [1.165, 1.54) is 5.56 Å². The van der Waals surface area contributed by atoms with Gasteiger partial charge in [0, 0.05) is 56.9 Å². The van der Waals surface area contributed by atoms with Crippen molar-refractivity contribution in [2.75, 3.05) is 60.0 Å². The summed E-state index contributed by atoms with van der Waals surface area (Å²) in [5.41, 5.74) is 4.18. The number of nitrogens with zero attached hydrogens (tertiary/aromatic N) is 5. The molecule has 0 saturated carbocycles. The molecule has 0 bridgehead atoms. The second-order valence-electron chi connectivity index (χ2n) is 14.0. The zero-order valence-corrected chi connectivity index (χ0v) is 30.0. The number of ether oxygens (including phenoxy) is 3. The molecular formula is C38H47N7O7. The molecule has 0 radical (unpaired) electrons. The number of aryl methyl sites for hydroxylation is 1. The van der Waals surface area contributed by atoms with Gasteiger partial charge in [-0.15, -0.1) is 0 Å². The first-order valence-electron chi connectivity index (χ1n) is 18.0. The maximum Gasteiger partial charge on any atom is 0.276 e. The minimum Gasteiger partial charge on any atom is -0.496 e. The number of carbonyl (C=O) groups is 2. The number of likely N-dealkylation sites (tertiary alicyclic amines) is 1. The van der Waals surface area contributed by atoms with Crippen LogP contribution in [0.3, 0.4) is 0 Å². The largest absolute Gasteiger partial charge is 0.496 e. The number of aliphatic hydroxyl groups is 1. The summed E-state index contributed by atoms with van der Waals surface area (Å²) < 4.78 is 19.1. The molecular weight excluding hydrogens is 666 g/mol. The number of hydrogen-bond donors (Lipinski definition) is 3. The standard InChI is InChI=1S/C38H47N7O7/c1-42-21-29(28-20-39-41-36(28)38(42)49)26-18-32(50-2)30(33(19-26)51-3)22-44-14-16-45(17-15-44)35(47)23-43-12-10-25(11-13-43)24-4-6-27(7-5-24)52-31-8-9-34(46)40-37(31)48/h4-7,18-21,25,31,34,46H,8-17,22-23H2,1-3H3,(H,39,41)(H,40,48). The third-order valence-electron chi connectivity index (χ3n) is 10.7. The molecule has 3 aliphatic rings. The van der Waals surface area contributed by atoms with E-state index in [0.717, 1.165) is 61.1 Å². The van der Waals surface area contributed by atoms with Crippen LogP contribution in [0.1, 0.15) is 42.7 Å². The van der Waals surface area contributed by atoms with Crippen molar-refractivity contribution in [1.29, 1.82) is 0 Å². The predicted molar refractivity (Wildman–Crippen MR) is 194 cm³/mol. The zero-order valence-electron chi connectivity index (χ0n) is 30.0. The normalized spacial score (nSPS) is 20.5. The highest BCUT2D eigenvalue weighted by molar-refractivity contribution is 5.94. The molecule has 14 heteroatoms. The summed E-state index contributed by atoms with van der Waals surface area (Å²) >= 11 is 0. The van der Waals surface area contributed by atoms with Crippen LogP contribution >= 0.6 is 0 Å². The number of benzene rings is 2. The van der Waals surface area contributed by atoms with Crippen LogP contribution < -0.4 is 25.1 Å². The smallest absolute Gasteiger partial charge is 0.276 e. The Bertz CT molecular complexity index is 1940. The van der Waals surface area contributed by atoms with E-state index in [4.69, 9.17) is 14.2 Å². The van der Waals surface area contributed by atoms with Gasteiger partial charge in [-0.3, -0.25) is 29.3 Å². The number of aliphatic hydroxyl groups excluding tert-OH is 1. The first-order valence-corrected chi connectivity index (χ1v) is 18.0. The predicted octanol–water partition coefficient (Wildman–Crippen LogP) is 2.45. The van der Waals surface area contributed by atoms with Gasteiger partial charge >= 0.3 is 0 Å². The zero-order chi connectivity index (χ0) is 36.4. The number of aromatic amines is 1. The molecule has 52 heavy (non-hydrogen) atoms. The first-order chi connectivity index (χ1) is 25.2. The number of nitrogens with one attached hydrogen (secondary N) is 2. The lowest BCUT2D eigenvalue weighted by Crippen LogP contribution is -2.51. The van der Waals surface area contributed by atoms with Gasteiger partial charge in [0.2, 0.25) is 5.91 Å². The van der Waals surface area contributed by atoms with Crippen LogP contribution in [0.25, 0.3) is 22.0 Å². The average Bonchev–Trinajstić information content (AvgIpc) is 3.66. The van der Waals surface area contributed by atoms with Gasteiger partial charge in [-0.25, -0.2) is 0 Å². The summed E-state index contributed by atoms with van der Waals surface area (Å²) in [5, 5.41) is 19.8. The van der Waals surface area contributed by atoms with Crippen LogP contribution in [0, 0.1) is 0 Å². The molecule has 0 spiro atoms. The van der Waals surface area contributed by atoms with Crippen LogP contribution in [0.2, 0.25) is 0 Å². The van der Waals surface area contributed by atoms with Crippen LogP contribution in [0.4, 0.5) is 0 Å². The molecule has 0 aliphatic carbocycles. The van der Waals surface area contributed by atoms with Gasteiger partial charge in [-0.1, -0.05) is 12.1 Å². The maximum atomic E-state index is 13.4. The fourth-order valence-electron chi connectivity index (χ4n) is 7.64. The van der Waals surface area contributed by atoms with Crippen LogP contribution in [0.5, 0.6) is 17.2 Å². The Balaban J connectivity index is 0.898. The maximum absolute atomic E-state index is 13.4. The number of aromatic nitrogens is 3. The van der Waals surface area contributed by atoms with Gasteiger partial charge < -0.3 is 34.1 Å². The van der Waals surface area contributed by atoms with E-state index >= 15 is 0 Å². The number of pyridine rings is 1. The van der Waals surface area contributed by atoms with E-state index < -0.39 is 12.3 Å². The number of methoxy groups -OCH3 is 2. The highest BCUT2D eigenvalue weighted by Gasteiger charge is 2.30. The van der Waals surface area contributed by atoms with Crippen molar-refractivity contribution in [3.8, 4) is 28.4 Å². The number of piperazine rings is 1. The number of rotatable bonds is 10. The molecule has 5 heterocycles. The fourth-order valence-corrected chi connectivity index (χ4v) is 7.64. The van der Waals surface area contributed by atoms with Crippen molar-refractivity contribution in [3.63, 3.8) is 0 Å². The van der Waals surface area contributed by atoms with Gasteiger partial charge in [-0.2, -0.15) is 5.10 Å². The van der Waals surface area contributed by atoms with E-state index in [1.54, 1.807) is 38.2 Å². The number of amides is 2. The Morgan fingerprint density at radius 1 is 0.923 bits per heavy atom.